The first-order valence-electron chi connectivity index (χ1n) is 4.92. The number of aromatic nitrogens is 4. The highest BCUT2D eigenvalue weighted by molar-refractivity contribution is 5.70. The number of methoxy groups -OCH3 is 1. The highest BCUT2D eigenvalue weighted by atomic mass is 16.5. The van der Waals surface area contributed by atoms with Gasteiger partial charge in [-0.3, -0.25) is 4.68 Å². The van der Waals surface area contributed by atoms with Crippen molar-refractivity contribution >= 4 is 5.82 Å². The van der Waals surface area contributed by atoms with Gasteiger partial charge in [-0.1, -0.05) is 0 Å². The van der Waals surface area contributed by atoms with Crippen molar-refractivity contribution in [1.82, 2.24) is 19.6 Å². The fourth-order valence-electron chi connectivity index (χ4n) is 1.77. The summed E-state index contributed by atoms with van der Waals surface area (Å²) in [6.07, 6.45) is 0. The summed E-state index contributed by atoms with van der Waals surface area (Å²) in [5.74, 6) is 1.30. The summed E-state index contributed by atoms with van der Waals surface area (Å²) in [6, 6.07) is 1.81. The minimum absolute atomic E-state index is 0.611. The summed E-state index contributed by atoms with van der Waals surface area (Å²) in [5.41, 5.74) is 8.30. The molecule has 0 spiro atoms. The van der Waals surface area contributed by atoms with E-state index in [1.54, 1.807) is 23.5 Å². The molecule has 16 heavy (non-hydrogen) atoms. The third-order valence-corrected chi connectivity index (χ3v) is 2.54. The van der Waals surface area contributed by atoms with Gasteiger partial charge in [0.05, 0.1) is 18.4 Å². The first-order valence-corrected chi connectivity index (χ1v) is 4.92. The highest BCUT2D eigenvalue weighted by Gasteiger charge is 2.18. The molecule has 2 aromatic heterocycles. The van der Waals surface area contributed by atoms with Gasteiger partial charge in [0.2, 0.25) is 5.88 Å². The third-order valence-electron chi connectivity index (χ3n) is 2.54. The van der Waals surface area contributed by atoms with Gasteiger partial charge in [0.25, 0.3) is 0 Å². The number of nitrogens with zero attached hydrogens (tertiary/aromatic N) is 4. The quantitative estimate of drug-likeness (QED) is 0.811. The van der Waals surface area contributed by atoms with Crippen molar-refractivity contribution in [2.75, 3.05) is 12.8 Å². The zero-order chi connectivity index (χ0) is 11.9. The van der Waals surface area contributed by atoms with Gasteiger partial charge >= 0.3 is 0 Å². The topological polar surface area (TPSA) is 70.9 Å². The van der Waals surface area contributed by atoms with Crippen molar-refractivity contribution < 1.29 is 4.74 Å². The summed E-state index contributed by atoms with van der Waals surface area (Å²) in [7, 11) is 5.25. The lowest BCUT2D eigenvalue weighted by Crippen LogP contribution is -1.97. The van der Waals surface area contributed by atoms with Crippen molar-refractivity contribution in [3.05, 3.63) is 11.8 Å². The van der Waals surface area contributed by atoms with E-state index < -0.39 is 0 Å². The maximum atomic E-state index is 5.76. The first-order chi connectivity index (χ1) is 7.54. The lowest BCUT2D eigenvalue weighted by atomic mass is 10.2. The van der Waals surface area contributed by atoms with E-state index in [-0.39, 0.29) is 0 Å². The van der Waals surface area contributed by atoms with E-state index in [0.29, 0.717) is 11.7 Å². The van der Waals surface area contributed by atoms with Crippen molar-refractivity contribution in [3.63, 3.8) is 0 Å². The molecule has 0 amide bonds. The van der Waals surface area contributed by atoms with Crippen LogP contribution in [0.3, 0.4) is 0 Å². The third kappa shape index (κ3) is 1.42. The average molecular weight is 221 g/mol. The number of aryl methyl sites for hydroxylation is 3. The van der Waals surface area contributed by atoms with Crippen LogP contribution in [0.5, 0.6) is 5.88 Å². The second-order valence-corrected chi connectivity index (χ2v) is 3.67. The molecule has 0 aliphatic heterocycles. The van der Waals surface area contributed by atoms with Gasteiger partial charge in [0.15, 0.2) is 0 Å². The Morgan fingerprint density at radius 3 is 2.44 bits per heavy atom. The van der Waals surface area contributed by atoms with Crippen LogP contribution < -0.4 is 10.5 Å². The molecule has 2 aromatic rings. The van der Waals surface area contributed by atoms with E-state index in [2.05, 4.69) is 10.2 Å². The molecule has 6 nitrogen and oxygen atoms in total. The minimum atomic E-state index is 0.611. The number of hydrogen-bond acceptors (Lipinski definition) is 4. The molecule has 0 radical (unpaired) electrons. The Hall–Kier alpha value is -1.98. The molecule has 2 rings (SSSR count). The fraction of sp³-hybridized carbons (Fsp3) is 0.400. The molecule has 2 N–H and O–H groups in total. The summed E-state index contributed by atoms with van der Waals surface area (Å²) in [5, 5.41) is 8.62. The number of ether oxygens (including phenoxy) is 1. The number of nitrogen functional groups attached to an aromatic ring is 1. The molecule has 0 aromatic carbocycles. The molecule has 0 fully saturated rings. The van der Waals surface area contributed by atoms with Crippen molar-refractivity contribution in [2.24, 2.45) is 14.1 Å². The van der Waals surface area contributed by atoms with Gasteiger partial charge in [0.1, 0.15) is 11.5 Å². The molecular formula is C10H15N5O. The SMILES string of the molecule is COc1c(-c2cc(N)n(C)n2)c(C)nn1C. The van der Waals surface area contributed by atoms with Crippen molar-refractivity contribution in [1.29, 1.82) is 0 Å². The van der Waals surface area contributed by atoms with Gasteiger partial charge in [0, 0.05) is 20.2 Å². The minimum Gasteiger partial charge on any atom is -0.481 e. The predicted molar refractivity (Wildman–Crippen MR) is 61.1 cm³/mol. The monoisotopic (exact) mass is 221 g/mol. The molecule has 0 saturated carbocycles. The Bertz CT molecular complexity index is 506. The van der Waals surface area contributed by atoms with Gasteiger partial charge in [-0.25, -0.2) is 4.68 Å². The highest BCUT2D eigenvalue weighted by Crippen LogP contribution is 2.32. The van der Waals surface area contributed by atoms with Gasteiger partial charge in [-0.05, 0) is 6.92 Å². The second-order valence-electron chi connectivity index (χ2n) is 3.67. The largest absolute Gasteiger partial charge is 0.481 e. The van der Waals surface area contributed by atoms with Crippen LogP contribution in [0.25, 0.3) is 11.3 Å². The molecule has 0 aliphatic rings. The Morgan fingerprint density at radius 1 is 1.25 bits per heavy atom. The summed E-state index contributed by atoms with van der Waals surface area (Å²) in [6.45, 7) is 1.92. The van der Waals surface area contributed by atoms with E-state index in [9.17, 15) is 0 Å². The Morgan fingerprint density at radius 2 is 1.94 bits per heavy atom. The van der Waals surface area contributed by atoms with Crippen molar-refractivity contribution in [2.45, 2.75) is 6.92 Å². The molecule has 0 atom stereocenters. The predicted octanol–water partition coefficient (Wildman–Crippen LogP) is 0.720. The van der Waals surface area contributed by atoms with E-state index in [1.165, 1.54) is 0 Å². The van der Waals surface area contributed by atoms with Crippen LogP contribution in [0.15, 0.2) is 6.07 Å². The molecule has 0 aliphatic carbocycles. The van der Waals surface area contributed by atoms with Crippen LogP contribution in [0.1, 0.15) is 5.69 Å². The molecule has 0 unspecified atom stereocenters. The first kappa shape index (κ1) is 10.5. The zero-order valence-electron chi connectivity index (χ0n) is 9.85. The lowest BCUT2D eigenvalue weighted by Gasteiger charge is -2.01. The van der Waals surface area contributed by atoms with Crippen LogP contribution in [0.2, 0.25) is 0 Å². The summed E-state index contributed by atoms with van der Waals surface area (Å²) >= 11 is 0. The van der Waals surface area contributed by atoms with Gasteiger partial charge in [-0.2, -0.15) is 10.2 Å². The number of anilines is 1. The standard InChI is InChI=1S/C10H15N5O/c1-6-9(10(16-4)15(3)12-6)7-5-8(11)14(2)13-7/h5H,11H2,1-4H3. The van der Waals surface area contributed by atoms with Crippen LogP contribution in [0.4, 0.5) is 5.82 Å². The molecule has 0 bridgehead atoms. The van der Waals surface area contributed by atoms with E-state index >= 15 is 0 Å². The smallest absolute Gasteiger partial charge is 0.221 e. The second kappa shape index (κ2) is 3.55. The summed E-state index contributed by atoms with van der Waals surface area (Å²) < 4.78 is 8.63. The number of hydrogen-bond donors (Lipinski definition) is 1. The Labute approximate surface area is 93.6 Å². The van der Waals surface area contributed by atoms with E-state index in [0.717, 1.165) is 17.0 Å². The van der Waals surface area contributed by atoms with E-state index in [1.807, 2.05) is 20.0 Å². The Kier molecular flexibility index (Phi) is 2.34. The molecule has 0 saturated heterocycles. The van der Waals surface area contributed by atoms with Crippen molar-refractivity contribution in [3.8, 4) is 17.1 Å². The molecule has 86 valence electrons. The molecule has 6 heteroatoms. The zero-order valence-corrected chi connectivity index (χ0v) is 9.85. The van der Waals surface area contributed by atoms with Gasteiger partial charge < -0.3 is 10.5 Å². The van der Waals surface area contributed by atoms with Gasteiger partial charge in [-0.15, -0.1) is 0 Å². The lowest BCUT2D eigenvalue weighted by molar-refractivity contribution is 0.374. The van der Waals surface area contributed by atoms with Crippen LogP contribution in [-0.2, 0) is 14.1 Å². The van der Waals surface area contributed by atoms with Crippen LogP contribution in [-0.4, -0.2) is 26.7 Å². The fourth-order valence-corrected chi connectivity index (χ4v) is 1.77. The number of rotatable bonds is 2. The maximum Gasteiger partial charge on any atom is 0.221 e. The van der Waals surface area contributed by atoms with Crippen LogP contribution >= 0.6 is 0 Å². The van der Waals surface area contributed by atoms with Crippen LogP contribution in [0, 0.1) is 6.92 Å². The Balaban J connectivity index is 2.63. The average Bonchev–Trinajstić information content (AvgIpc) is 2.67. The van der Waals surface area contributed by atoms with E-state index in [4.69, 9.17) is 10.5 Å². The molecular weight excluding hydrogens is 206 g/mol. The normalized spacial score (nSPS) is 10.8. The maximum absolute atomic E-state index is 5.76. The molecule has 2 heterocycles. The summed E-state index contributed by atoms with van der Waals surface area (Å²) in [4.78, 5) is 0. The number of nitrogens with two attached hydrogens (primary N) is 1.